The van der Waals surface area contributed by atoms with Crippen LogP contribution in [0.2, 0.25) is 0 Å². The van der Waals surface area contributed by atoms with Crippen molar-refractivity contribution in [3.05, 3.63) is 12.4 Å². The minimum absolute atomic E-state index is 0.345. The molecule has 0 fully saturated rings. The van der Waals surface area contributed by atoms with E-state index < -0.39 is 0 Å². The molecule has 0 aliphatic heterocycles. The third-order valence-electron chi connectivity index (χ3n) is 3.01. The first-order chi connectivity index (χ1) is 8.19. The van der Waals surface area contributed by atoms with Crippen molar-refractivity contribution in [2.75, 3.05) is 17.6 Å². The summed E-state index contributed by atoms with van der Waals surface area (Å²) >= 11 is 0. The number of nitrogens with two attached hydrogens (primary N) is 1. The highest BCUT2D eigenvalue weighted by atomic mass is 15.3. The Morgan fingerprint density at radius 1 is 1.41 bits per heavy atom. The Labute approximate surface area is 101 Å². The van der Waals surface area contributed by atoms with Gasteiger partial charge in [0.2, 0.25) is 0 Å². The molecular formula is C12H19N5. The molecular weight excluding hydrogens is 214 g/mol. The van der Waals surface area contributed by atoms with Crippen LogP contribution in [0, 0.1) is 0 Å². The average Bonchev–Trinajstić information content (AvgIpc) is 2.76. The Kier molecular flexibility index (Phi) is 3.17. The van der Waals surface area contributed by atoms with E-state index in [-0.39, 0.29) is 0 Å². The number of nitrogens with one attached hydrogen (secondary N) is 1. The zero-order valence-corrected chi connectivity index (χ0v) is 10.6. The van der Waals surface area contributed by atoms with E-state index in [1.165, 1.54) is 0 Å². The van der Waals surface area contributed by atoms with Gasteiger partial charge >= 0.3 is 0 Å². The van der Waals surface area contributed by atoms with E-state index in [4.69, 9.17) is 5.73 Å². The van der Waals surface area contributed by atoms with Gasteiger partial charge in [0.1, 0.15) is 0 Å². The minimum Gasteiger partial charge on any atom is -0.396 e. The monoisotopic (exact) mass is 233 g/mol. The van der Waals surface area contributed by atoms with Crippen LogP contribution in [-0.2, 0) is 0 Å². The third-order valence-corrected chi connectivity index (χ3v) is 3.01. The van der Waals surface area contributed by atoms with Crippen molar-refractivity contribution in [3.8, 4) is 0 Å². The summed E-state index contributed by atoms with van der Waals surface area (Å²) in [5.74, 6) is 0. The van der Waals surface area contributed by atoms with Crippen molar-refractivity contribution in [1.29, 1.82) is 0 Å². The largest absolute Gasteiger partial charge is 0.396 e. The number of aromatic nitrogens is 3. The molecule has 0 aromatic carbocycles. The highest BCUT2D eigenvalue weighted by molar-refractivity contribution is 5.95. The van der Waals surface area contributed by atoms with Gasteiger partial charge in [-0.2, -0.15) is 5.10 Å². The molecule has 0 saturated carbocycles. The van der Waals surface area contributed by atoms with E-state index in [1.807, 2.05) is 17.8 Å². The van der Waals surface area contributed by atoms with Gasteiger partial charge in [0, 0.05) is 6.54 Å². The van der Waals surface area contributed by atoms with E-state index in [0.29, 0.717) is 11.7 Å². The molecule has 0 aliphatic rings. The van der Waals surface area contributed by atoms with Crippen LogP contribution in [0.15, 0.2) is 12.4 Å². The number of pyridine rings is 1. The molecule has 2 aromatic rings. The zero-order chi connectivity index (χ0) is 12.4. The fraction of sp³-hybridized carbons (Fsp3) is 0.500. The van der Waals surface area contributed by atoms with Crippen molar-refractivity contribution < 1.29 is 0 Å². The quantitative estimate of drug-likeness (QED) is 0.851. The molecule has 0 bridgehead atoms. The van der Waals surface area contributed by atoms with Crippen LogP contribution in [0.4, 0.5) is 11.4 Å². The highest BCUT2D eigenvalue weighted by Gasteiger charge is 2.13. The predicted octanol–water partition coefficient (Wildman–Crippen LogP) is 2.42. The Morgan fingerprint density at radius 3 is 2.82 bits per heavy atom. The number of anilines is 2. The molecule has 3 N–H and O–H groups in total. The molecule has 0 amide bonds. The van der Waals surface area contributed by atoms with Crippen LogP contribution >= 0.6 is 0 Å². The topological polar surface area (TPSA) is 68.8 Å². The van der Waals surface area contributed by atoms with Crippen LogP contribution < -0.4 is 11.1 Å². The van der Waals surface area contributed by atoms with Crippen LogP contribution in [0.25, 0.3) is 11.0 Å². The maximum atomic E-state index is 5.93. The molecule has 1 atom stereocenters. The summed E-state index contributed by atoms with van der Waals surface area (Å²) in [6.45, 7) is 7.15. The average molecular weight is 233 g/mol. The van der Waals surface area contributed by atoms with Gasteiger partial charge in [-0.25, -0.2) is 9.67 Å². The van der Waals surface area contributed by atoms with Gasteiger partial charge in [0.25, 0.3) is 0 Å². The molecule has 0 saturated heterocycles. The van der Waals surface area contributed by atoms with Crippen LogP contribution in [0.3, 0.4) is 0 Å². The predicted molar refractivity (Wildman–Crippen MR) is 71.1 cm³/mol. The SMILES string of the molecule is CCNc1c(N)cnc2c1cnn2[C@H](C)CC. The van der Waals surface area contributed by atoms with Gasteiger partial charge in [-0.15, -0.1) is 0 Å². The summed E-state index contributed by atoms with van der Waals surface area (Å²) in [6, 6.07) is 0.345. The molecule has 92 valence electrons. The molecule has 2 heterocycles. The maximum absolute atomic E-state index is 5.93. The number of fused-ring (bicyclic) bond motifs is 1. The second kappa shape index (κ2) is 4.61. The van der Waals surface area contributed by atoms with Crippen molar-refractivity contribution in [1.82, 2.24) is 14.8 Å². The van der Waals surface area contributed by atoms with Gasteiger partial charge in [0.05, 0.1) is 35.2 Å². The lowest BCUT2D eigenvalue weighted by Gasteiger charge is -2.11. The molecule has 5 heteroatoms. The Balaban J connectivity index is 2.60. The molecule has 2 aromatic heterocycles. The first-order valence-electron chi connectivity index (χ1n) is 6.04. The van der Waals surface area contributed by atoms with Crippen LogP contribution in [-0.4, -0.2) is 21.3 Å². The third kappa shape index (κ3) is 1.92. The highest BCUT2D eigenvalue weighted by Crippen LogP contribution is 2.29. The molecule has 0 aliphatic carbocycles. The van der Waals surface area contributed by atoms with E-state index >= 15 is 0 Å². The first-order valence-corrected chi connectivity index (χ1v) is 6.04. The van der Waals surface area contributed by atoms with Crippen LogP contribution in [0.5, 0.6) is 0 Å². The first kappa shape index (κ1) is 11.7. The number of rotatable bonds is 4. The fourth-order valence-electron chi connectivity index (χ4n) is 1.88. The molecule has 0 radical (unpaired) electrons. The van der Waals surface area contributed by atoms with Crippen molar-refractivity contribution in [2.24, 2.45) is 0 Å². The number of nitrogen functional groups attached to an aromatic ring is 1. The van der Waals surface area contributed by atoms with Gasteiger partial charge in [-0.3, -0.25) is 0 Å². The lowest BCUT2D eigenvalue weighted by Crippen LogP contribution is -2.07. The molecule has 5 nitrogen and oxygen atoms in total. The van der Waals surface area contributed by atoms with Crippen molar-refractivity contribution in [3.63, 3.8) is 0 Å². The fourth-order valence-corrected chi connectivity index (χ4v) is 1.88. The second-order valence-electron chi connectivity index (χ2n) is 4.20. The second-order valence-corrected chi connectivity index (χ2v) is 4.20. The lowest BCUT2D eigenvalue weighted by molar-refractivity contribution is 0.490. The summed E-state index contributed by atoms with van der Waals surface area (Å²) in [6.07, 6.45) is 4.56. The van der Waals surface area contributed by atoms with Crippen molar-refractivity contribution in [2.45, 2.75) is 33.2 Å². The van der Waals surface area contributed by atoms with E-state index in [0.717, 1.165) is 29.7 Å². The summed E-state index contributed by atoms with van der Waals surface area (Å²) in [7, 11) is 0. The Hall–Kier alpha value is -1.78. The summed E-state index contributed by atoms with van der Waals surface area (Å²) in [5, 5.41) is 8.67. The number of nitrogens with zero attached hydrogens (tertiary/aromatic N) is 3. The van der Waals surface area contributed by atoms with Gasteiger partial charge in [-0.1, -0.05) is 6.92 Å². The molecule has 2 rings (SSSR count). The summed E-state index contributed by atoms with van der Waals surface area (Å²) in [5.41, 5.74) is 8.43. The molecule has 17 heavy (non-hydrogen) atoms. The zero-order valence-electron chi connectivity index (χ0n) is 10.6. The van der Waals surface area contributed by atoms with E-state index in [1.54, 1.807) is 6.20 Å². The van der Waals surface area contributed by atoms with E-state index in [9.17, 15) is 0 Å². The smallest absolute Gasteiger partial charge is 0.160 e. The minimum atomic E-state index is 0.345. The molecule has 0 unspecified atom stereocenters. The van der Waals surface area contributed by atoms with E-state index in [2.05, 4.69) is 29.2 Å². The summed E-state index contributed by atoms with van der Waals surface area (Å²) in [4.78, 5) is 4.39. The summed E-state index contributed by atoms with van der Waals surface area (Å²) < 4.78 is 1.95. The Morgan fingerprint density at radius 2 is 2.18 bits per heavy atom. The standard InChI is InChI=1S/C12H19N5/c1-4-8(3)17-12-9(6-16-17)11(14-5-2)10(13)7-15-12/h6-8H,4-5,13H2,1-3H3,(H,14,15)/t8-/m1/s1. The van der Waals surface area contributed by atoms with Gasteiger partial charge in [0.15, 0.2) is 5.65 Å². The van der Waals surface area contributed by atoms with Gasteiger partial charge in [-0.05, 0) is 20.3 Å². The Bertz CT molecular complexity index is 517. The van der Waals surface area contributed by atoms with Gasteiger partial charge < -0.3 is 11.1 Å². The number of hydrogen-bond donors (Lipinski definition) is 2. The maximum Gasteiger partial charge on any atom is 0.160 e. The lowest BCUT2D eigenvalue weighted by atomic mass is 10.2. The van der Waals surface area contributed by atoms with Crippen LogP contribution in [0.1, 0.15) is 33.2 Å². The normalized spacial score (nSPS) is 12.9. The number of hydrogen-bond acceptors (Lipinski definition) is 4. The molecule has 0 spiro atoms. The van der Waals surface area contributed by atoms with Crippen molar-refractivity contribution >= 4 is 22.4 Å².